The SMILES string of the molecule is CCC(CC)CC(C(=O)O)C1CCCC1. The lowest BCUT2D eigenvalue weighted by Gasteiger charge is -2.23. The summed E-state index contributed by atoms with van der Waals surface area (Å²) in [6.07, 6.45) is 7.87. The first-order chi connectivity index (χ1) is 7.19. The van der Waals surface area contributed by atoms with Crippen molar-refractivity contribution in [2.45, 2.75) is 58.8 Å². The summed E-state index contributed by atoms with van der Waals surface area (Å²) < 4.78 is 0. The molecule has 2 nitrogen and oxygen atoms in total. The van der Waals surface area contributed by atoms with Gasteiger partial charge in [-0.2, -0.15) is 0 Å². The van der Waals surface area contributed by atoms with Crippen molar-refractivity contribution >= 4 is 5.97 Å². The Morgan fingerprint density at radius 1 is 1.27 bits per heavy atom. The molecule has 0 spiro atoms. The van der Waals surface area contributed by atoms with E-state index in [0.717, 1.165) is 32.1 Å². The van der Waals surface area contributed by atoms with Gasteiger partial charge in [0.1, 0.15) is 0 Å². The lowest BCUT2D eigenvalue weighted by atomic mass is 9.82. The topological polar surface area (TPSA) is 37.3 Å². The van der Waals surface area contributed by atoms with E-state index in [1.165, 1.54) is 12.8 Å². The van der Waals surface area contributed by atoms with Crippen molar-refractivity contribution in [3.8, 4) is 0 Å². The summed E-state index contributed by atoms with van der Waals surface area (Å²) >= 11 is 0. The Bertz CT molecular complexity index is 191. The Labute approximate surface area is 93.1 Å². The molecule has 0 aromatic heterocycles. The molecule has 1 unspecified atom stereocenters. The third kappa shape index (κ3) is 3.51. The van der Waals surface area contributed by atoms with Crippen molar-refractivity contribution in [1.82, 2.24) is 0 Å². The van der Waals surface area contributed by atoms with Gasteiger partial charge in [0.15, 0.2) is 0 Å². The number of hydrogen-bond acceptors (Lipinski definition) is 1. The molecular weight excluding hydrogens is 188 g/mol. The summed E-state index contributed by atoms with van der Waals surface area (Å²) in [7, 11) is 0. The van der Waals surface area contributed by atoms with E-state index < -0.39 is 5.97 Å². The van der Waals surface area contributed by atoms with Gasteiger partial charge in [-0.15, -0.1) is 0 Å². The molecule has 0 amide bonds. The molecule has 15 heavy (non-hydrogen) atoms. The molecule has 0 bridgehead atoms. The van der Waals surface area contributed by atoms with E-state index in [0.29, 0.717) is 11.8 Å². The minimum atomic E-state index is -0.561. The van der Waals surface area contributed by atoms with E-state index in [1.807, 2.05) is 0 Å². The first-order valence-electron chi connectivity index (χ1n) is 6.41. The molecule has 1 atom stereocenters. The van der Waals surface area contributed by atoms with Crippen LogP contribution >= 0.6 is 0 Å². The van der Waals surface area contributed by atoms with Crippen LogP contribution in [-0.4, -0.2) is 11.1 Å². The summed E-state index contributed by atoms with van der Waals surface area (Å²) in [5.74, 6) is 0.431. The minimum Gasteiger partial charge on any atom is -0.481 e. The molecule has 1 aliphatic carbocycles. The summed E-state index contributed by atoms with van der Waals surface area (Å²) in [5.41, 5.74) is 0. The lowest BCUT2D eigenvalue weighted by molar-refractivity contribution is -0.144. The Morgan fingerprint density at radius 2 is 1.80 bits per heavy atom. The third-order valence-corrected chi connectivity index (χ3v) is 4.03. The molecule has 88 valence electrons. The normalized spacial score (nSPS) is 19.7. The summed E-state index contributed by atoms with van der Waals surface area (Å²) in [4.78, 5) is 11.3. The van der Waals surface area contributed by atoms with Crippen LogP contribution in [0.2, 0.25) is 0 Å². The summed E-state index contributed by atoms with van der Waals surface area (Å²) in [6.45, 7) is 4.34. The largest absolute Gasteiger partial charge is 0.481 e. The van der Waals surface area contributed by atoms with Crippen LogP contribution < -0.4 is 0 Å². The Hall–Kier alpha value is -0.530. The fraction of sp³-hybridized carbons (Fsp3) is 0.923. The molecule has 2 heteroatoms. The van der Waals surface area contributed by atoms with Crippen LogP contribution in [0.4, 0.5) is 0 Å². The number of rotatable bonds is 6. The molecule has 0 aromatic carbocycles. The highest BCUT2D eigenvalue weighted by Gasteiger charge is 2.31. The zero-order valence-electron chi connectivity index (χ0n) is 10.0. The number of aliphatic carboxylic acids is 1. The van der Waals surface area contributed by atoms with Gasteiger partial charge in [-0.1, -0.05) is 39.5 Å². The predicted molar refractivity (Wildman–Crippen MR) is 61.8 cm³/mol. The smallest absolute Gasteiger partial charge is 0.306 e. The molecule has 0 saturated heterocycles. The average molecular weight is 212 g/mol. The first kappa shape index (κ1) is 12.5. The van der Waals surface area contributed by atoms with Crippen molar-refractivity contribution in [2.75, 3.05) is 0 Å². The monoisotopic (exact) mass is 212 g/mol. The Kier molecular flexibility index (Phi) is 5.13. The molecule has 0 aliphatic heterocycles. The van der Waals surface area contributed by atoms with E-state index in [1.54, 1.807) is 0 Å². The molecule has 1 aliphatic rings. The lowest BCUT2D eigenvalue weighted by Crippen LogP contribution is -2.24. The average Bonchev–Trinajstić information content (AvgIpc) is 2.72. The maximum Gasteiger partial charge on any atom is 0.306 e. The first-order valence-corrected chi connectivity index (χ1v) is 6.41. The van der Waals surface area contributed by atoms with Gasteiger partial charge in [0, 0.05) is 0 Å². The second-order valence-electron chi connectivity index (χ2n) is 4.91. The molecule has 1 fully saturated rings. The van der Waals surface area contributed by atoms with Gasteiger partial charge in [0.2, 0.25) is 0 Å². The van der Waals surface area contributed by atoms with Gasteiger partial charge < -0.3 is 5.11 Å². The standard InChI is InChI=1S/C13H24O2/c1-3-10(4-2)9-12(13(14)15)11-7-5-6-8-11/h10-12H,3-9H2,1-2H3,(H,14,15). The highest BCUT2D eigenvalue weighted by Crippen LogP contribution is 2.35. The van der Waals surface area contributed by atoms with E-state index >= 15 is 0 Å². The fourth-order valence-corrected chi connectivity index (χ4v) is 2.84. The Balaban J connectivity index is 2.52. The van der Waals surface area contributed by atoms with Crippen molar-refractivity contribution < 1.29 is 9.90 Å². The van der Waals surface area contributed by atoms with Crippen LogP contribution in [0.25, 0.3) is 0 Å². The van der Waals surface area contributed by atoms with Gasteiger partial charge >= 0.3 is 5.97 Å². The number of carboxylic acids is 1. The zero-order valence-corrected chi connectivity index (χ0v) is 10.0. The van der Waals surface area contributed by atoms with E-state index in [9.17, 15) is 9.90 Å². The molecular formula is C13H24O2. The number of carboxylic acid groups (broad SMARTS) is 1. The van der Waals surface area contributed by atoms with E-state index in [2.05, 4.69) is 13.8 Å². The summed E-state index contributed by atoms with van der Waals surface area (Å²) in [6, 6.07) is 0. The van der Waals surface area contributed by atoms with Gasteiger partial charge in [-0.05, 0) is 31.1 Å². The van der Waals surface area contributed by atoms with Crippen LogP contribution in [0.1, 0.15) is 58.8 Å². The molecule has 0 radical (unpaired) electrons. The van der Waals surface area contributed by atoms with Gasteiger partial charge in [0.05, 0.1) is 5.92 Å². The molecule has 1 saturated carbocycles. The van der Waals surface area contributed by atoms with Crippen LogP contribution in [0, 0.1) is 17.8 Å². The number of hydrogen-bond donors (Lipinski definition) is 1. The summed E-state index contributed by atoms with van der Waals surface area (Å²) in [5, 5.41) is 9.27. The second-order valence-corrected chi connectivity index (χ2v) is 4.91. The van der Waals surface area contributed by atoms with Gasteiger partial charge in [-0.25, -0.2) is 0 Å². The molecule has 1 N–H and O–H groups in total. The van der Waals surface area contributed by atoms with Crippen molar-refractivity contribution in [3.63, 3.8) is 0 Å². The van der Waals surface area contributed by atoms with Gasteiger partial charge in [-0.3, -0.25) is 4.79 Å². The maximum atomic E-state index is 11.3. The van der Waals surface area contributed by atoms with Crippen molar-refractivity contribution in [2.24, 2.45) is 17.8 Å². The molecule has 0 heterocycles. The van der Waals surface area contributed by atoms with Gasteiger partial charge in [0.25, 0.3) is 0 Å². The van der Waals surface area contributed by atoms with Crippen LogP contribution in [0.5, 0.6) is 0 Å². The highest BCUT2D eigenvalue weighted by atomic mass is 16.4. The number of carbonyl (C=O) groups is 1. The maximum absolute atomic E-state index is 11.3. The highest BCUT2D eigenvalue weighted by molar-refractivity contribution is 5.70. The van der Waals surface area contributed by atoms with E-state index in [-0.39, 0.29) is 5.92 Å². The zero-order chi connectivity index (χ0) is 11.3. The fourth-order valence-electron chi connectivity index (χ4n) is 2.84. The second kappa shape index (κ2) is 6.14. The van der Waals surface area contributed by atoms with Crippen LogP contribution in [0.3, 0.4) is 0 Å². The van der Waals surface area contributed by atoms with Crippen molar-refractivity contribution in [1.29, 1.82) is 0 Å². The van der Waals surface area contributed by atoms with E-state index in [4.69, 9.17) is 0 Å². The quantitative estimate of drug-likeness (QED) is 0.729. The molecule has 1 rings (SSSR count). The van der Waals surface area contributed by atoms with Crippen molar-refractivity contribution in [3.05, 3.63) is 0 Å². The van der Waals surface area contributed by atoms with Crippen LogP contribution in [0.15, 0.2) is 0 Å². The third-order valence-electron chi connectivity index (χ3n) is 4.03. The molecule has 0 aromatic rings. The minimum absolute atomic E-state index is 0.0719. The Morgan fingerprint density at radius 3 is 2.20 bits per heavy atom. The predicted octanol–water partition coefficient (Wildman–Crippen LogP) is 3.70. The van der Waals surface area contributed by atoms with Crippen LogP contribution in [-0.2, 0) is 4.79 Å².